The molecule has 0 bridgehead atoms. The van der Waals surface area contributed by atoms with Crippen molar-refractivity contribution in [2.24, 2.45) is 10.9 Å². The van der Waals surface area contributed by atoms with E-state index in [-0.39, 0.29) is 5.78 Å². The molecule has 200 valence electrons. The van der Waals surface area contributed by atoms with Gasteiger partial charge >= 0.3 is 0 Å². The second kappa shape index (κ2) is 57.1. The van der Waals surface area contributed by atoms with Crippen molar-refractivity contribution < 1.29 is 22.5 Å². The summed E-state index contributed by atoms with van der Waals surface area (Å²) >= 11 is 0. The Labute approximate surface area is 203 Å². The van der Waals surface area contributed by atoms with E-state index in [2.05, 4.69) is 35.8 Å². The summed E-state index contributed by atoms with van der Waals surface area (Å²) in [6, 6.07) is 0. The first-order valence-electron chi connectivity index (χ1n) is 10.4. The van der Waals surface area contributed by atoms with Crippen molar-refractivity contribution in [2.45, 2.75) is 62.3 Å². The Kier molecular flexibility index (Phi) is 93.6. The molecule has 0 atom stereocenters. The van der Waals surface area contributed by atoms with Crippen LogP contribution in [0.1, 0.15) is 62.3 Å². The minimum absolute atomic E-state index is 0.167. The van der Waals surface area contributed by atoms with Gasteiger partial charge in [0.25, 0.3) is 0 Å². The highest BCUT2D eigenvalue weighted by Crippen LogP contribution is 1.81. The number of allylic oxidation sites excluding steroid dienone is 2. The number of hydrogen-bond donors (Lipinski definition) is 1. The number of ether oxygens (including phenoxy) is 1. The van der Waals surface area contributed by atoms with Crippen LogP contribution in [0.5, 0.6) is 0 Å². The summed E-state index contributed by atoms with van der Waals surface area (Å²) in [5.41, 5.74) is 0. The lowest BCUT2D eigenvalue weighted by Gasteiger charge is -1.79. The number of nitrogens with zero attached hydrogens (tertiary/aromatic N) is 2. The van der Waals surface area contributed by atoms with Crippen molar-refractivity contribution in [3.8, 4) is 0 Å². The van der Waals surface area contributed by atoms with Crippen molar-refractivity contribution in [2.75, 3.05) is 62.0 Å². The molecular formula is C24H60N3O4S+. The van der Waals surface area contributed by atoms with Crippen LogP contribution in [0.15, 0.2) is 17.1 Å². The van der Waals surface area contributed by atoms with Crippen LogP contribution in [0.4, 0.5) is 0 Å². The molecule has 0 aliphatic rings. The number of ketones is 1. The first kappa shape index (κ1) is 52.5. The number of sulfone groups is 1. The Bertz CT molecular complexity index is 433. The summed E-state index contributed by atoms with van der Waals surface area (Å²) in [5.74, 6) is 1.00. The van der Waals surface area contributed by atoms with Crippen molar-refractivity contribution in [3.05, 3.63) is 12.2 Å². The summed E-state index contributed by atoms with van der Waals surface area (Å²) in [6.07, 6.45) is 10.1. The Hall–Kier alpha value is -1.38. The Balaban J connectivity index is -0.0000000345. The second-order valence-electron chi connectivity index (χ2n) is 7.10. The summed E-state index contributed by atoms with van der Waals surface area (Å²) in [6.45, 7) is 17.4. The van der Waals surface area contributed by atoms with Gasteiger partial charge in [0.1, 0.15) is 35.9 Å². The zero-order valence-corrected chi connectivity index (χ0v) is 25.6. The van der Waals surface area contributed by atoms with E-state index >= 15 is 0 Å². The third-order valence-corrected chi connectivity index (χ3v) is 1.11. The van der Waals surface area contributed by atoms with E-state index in [9.17, 15) is 13.2 Å². The van der Waals surface area contributed by atoms with Crippen molar-refractivity contribution in [1.29, 1.82) is 0 Å². The highest BCUT2D eigenvalue weighted by molar-refractivity contribution is 7.89. The third-order valence-electron chi connectivity index (χ3n) is 1.11. The Morgan fingerprint density at radius 3 is 1.03 bits per heavy atom. The molecule has 0 saturated heterocycles. The van der Waals surface area contributed by atoms with Crippen LogP contribution in [0.3, 0.4) is 0 Å². The summed E-state index contributed by atoms with van der Waals surface area (Å²) in [7, 11) is 10.1. The number of nitrogens with one attached hydrogen (secondary N) is 1. The molecule has 0 rings (SSSR count). The second-order valence-corrected chi connectivity index (χ2v) is 9.38. The quantitative estimate of drug-likeness (QED) is 0.306. The molecule has 1 N–H and O–H groups in total. The minimum atomic E-state index is -2.67. The molecule has 32 heavy (non-hydrogen) atoms. The van der Waals surface area contributed by atoms with Crippen molar-refractivity contribution >= 4 is 28.0 Å². The van der Waals surface area contributed by atoms with Crippen LogP contribution in [-0.4, -0.2) is 93.2 Å². The molecule has 0 radical (unpaired) electrons. The third kappa shape index (κ3) is 3180. The number of methoxy groups -OCH3 is 1. The van der Waals surface area contributed by atoms with Gasteiger partial charge in [0.2, 0.25) is 0 Å². The Morgan fingerprint density at radius 1 is 0.938 bits per heavy atom. The van der Waals surface area contributed by atoms with Crippen LogP contribution in [0, 0.1) is 5.92 Å². The fourth-order valence-corrected chi connectivity index (χ4v) is 0. The van der Waals surface area contributed by atoms with E-state index in [1.165, 1.54) is 13.8 Å². The van der Waals surface area contributed by atoms with Crippen LogP contribution in [0.25, 0.3) is 0 Å². The van der Waals surface area contributed by atoms with E-state index in [1.54, 1.807) is 27.5 Å². The van der Waals surface area contributed by atoms with Crippen LogP contribution in [-0.2, 0) is 19.4 Å². The van der Waals surface area contributed by atoms with Gasteiger partial charge < -0.3 is 19.8 Å². The maximum atomic E-state index is 9.63. The summed E-state index contributed by atoms with van der Waals surface area (Å²) in [4.78, 5) is 13.1. The van der Waals surface area contributed by atoms with E-state index < -0.39 is 9.84 Å². The molecule has 0 heterocycles. The predicted molar refractivity (Wildman–Crippen MR) is 150 cm³/mol. The molecule has 0 spiro atoms. The summed E-state index contributed by atoms with van der Waals surface area (Å²) in [5, 5.41) is 2.75. The van der Waals surface area contributed by atoms with Gasteiger partial charge in [0.15, 0.2) is 0 Å². The Morgan fingerprint density at radius 2 is 1.03 bits per heavy atom. The lowest BCUT2D eigenvalue weighted by atomic mass is 10.3. The number of hydrogen-bond acceptors (Lipinski definition) is 6. The topological polar surface area (TPSA) is 87.8 Å². The predicted octanol–water partition coefficient (Wildman–Crippen LogP) is 4.66. The van der Waals surface area contributed by atoms with Crippen LogP contribution >= 0.6 is 0 Å². The molecule has 0 aromatic heterocycles. The van der Waals surface area contributed by atoms with Gasteiger partial charge in [-0.3, -0.25) is 0 Å². The lowest BCUT2D eigenvalue weighted by Crippen LogP contribution is -1.93. The van der Waals surface area contributed by atoms with Gasteiger partial charge in [-0.1, -0.05) is 32.9 Å². The maximum Gasteiger partial charge on any atom is 0.144 e. The number of Topliss-reactive ketones (excluding diaryl/α,β-unsaturated/α-hetero) is 1. The monoisotopic (exact) mass is 486 g/mol. The van der Waals surface area contributed by atoms with Crippen molar-refractivity contribution in [3.63, 3.8) is 0 Å². The molecule has 0 aromatic rings. The van der Waals surface area contributed by atoms with E-state index in [0.29, 0.717) is 0 Å². The zero-order valence-electron chi connectivity index (χ0n) is 24.8. The lowest BCUT2D eigenvalue weighted by molar-refractivity contribution is -0.459. The average Bonchev–Trinajstić information content (AvgIpc) is 2.61. The number of carbonyl (C=O) groups excluding carboxylic acids is 1. The zero-order chi connectivity index (χ0) is 28.2. The molecule has 0 saturated carbocycles. The molecule has 0 aromatic carbocycles. The molecule has 0 aliphatic heterocycles. The molecular weight excluding hydrogens is 426 g/mol. The SMILES string of the molecule is CC(C)=O.CC(C)C.CC=CC.CC=NC.CC=[N+](C)C.CNC.COC.CS(C)(=O)=O. The molecule has 0 amide bonds. The van der Waals surface area contributed by atoms with Gasteiger partial charge in [0, 0.05) is 40.7 Å². The molecule has 0 aliphatic carbocycles. The van der Waals surface area contributed by atoms with E-state index in [1.807, 2.05) is 78.8 Å². The van der Waals surface area contributed by atoms with Crippen LogP contribution in [0.2, 0.25) is 0 Å². The molecule has 0 fully saturated rings. The standard InChI is InChI=1S/C4H10N.C4H10.C4H8.C3H7N.C3H6O.C2H7N.C2H6O2S.C2H6O/c1-4-5(2)3;1-4(2)3;2*1-3-4-2;1-3(2)4;1-3-2;1-5(2,3)4;1-3-2/h4H,1-3H3;4H,1-3H3;3-4H,1-2H3;3H,1-2H3;1-2H3;3H,1-2H3;1-2H3;1-2H3/q+1;;;;;;;. The normalized spacial score (nSPS) is 8.34. The minimum Gasteiger partial charge on any atom is -0.388 e. The summed E-state index contributed by atoms with van der Waals surface area (Å²) < 4.78 is 25.5. The smallest absolute Gasteiger partial charge is 0.144 e. The average molecular weight is 487 g/mol. The first-order chi connectivity index (χ1) is 14.4. The number of aliphatic imine (C=N–C) groups is 1. The number of carbonyl (C=O) groups is 1. The van der Waals surface area contributed by atoms with Gasteiger partial charge in [-0.15, -0.1) is 0 Å². The highest BCUT2D eigenvalue weighted by Gasteiger charge is 1.79. The fourth-order valence-electron chi connectivity index (χ4n) is 0. The maximum absolute atomic E-state index is 9.63. The van der Waals surface area contributed by atoms with Crippen molar-refractivity contribution in [1.82, 2.24) is 5.32 Å². The first-order valence-corrected chi connectivity index (χ1v) is 12.7. The fraction of sp³-hybridized carbons (Fsp3) is 0.792. The highest BCUT2D eigenvalue weighted by atomic mass is 32.2. The van der Waals surface area contributed by atoms with Gasteiger partial charge in [-0.2, -0.15) is 0 Å². The number of rotatable bonds is 0. The van der Waals surface area contributed by atoms with Gasteiger partial charge in [-0.25, -0.2) is 13.0 Å². The molecule has 7 nitrogen and oxygen atoms in total. The van der Waals surface area contributed by atoms with E-state index in [0.717, 1.165) is 18.4 Å². The van der Waals surface area contributed by atoms with Gasteiger partial charge in [0.05, 0.1) is 0 Å². The molecule has 0 unspecified atom stereocenters. The van der Waals surface area contributed by atoms with Gasteiger partial charge in [-0.05, 0) is 60.8 Å². The largest absolute Gasteiger partial charge is 0.388 e. The van der Waals surface area contributed by atoms with E-state index in [4.69, 9.17) is 0 Å². The molecule has 8 heteroatoms. The van der Waals surface area contributed by atoms with Crippen LogP contribution < -0.4 is 5.32 Å².